The molecule has 0 bridgehead atoms. The lowest BCUT2D eigenvalue weighted by atomic mass is 10.1. The molecule has 2 aromatic rings. The number of anilines is 1. The molecule has 0 fully saturated rings. The van der Waals surface area contributed by atoms with Gasteiger partial charge in [0.25, 0.3) is 0 Å². The lowest BCUT2D eigenvalue weighted by Gasteiger charge is -2.13. The van der Waals surface area contributed by atoms with Gasteiger partial charge < -0.3 is 19.9 Å². The number of hydrogen-bond donors (Lipinski definition) is 2. The third kappa shape index (κ3) is 3.89. The Kier molecular flexibility index (Phi) is 5.46. The van der Waals surface area contributed by atoms with Crippen molar-refractivity contribution in [2.45, 2.75) is 20.1 Å². The Morgan fingerprint density at radius 1 is 1.10 bits per heavy atom. The zero-order valence-electron chi connectivity index (χ0n) is 12.4. The van der Waals surface area contributed by atoms with E-state index in [1.54, 1.807) is 7.11 Å². The van der Waals surface area contributed by atoms with Crippen molar-refractivity contribution in [3.05, 3.63) is 53.6 Å². The Hall–Kier alpha value is -2.20. The molecule has 0 aromatic heterocycles. The minimum Gasteiger partial charge on any atom is -0.493 e. The lowest BCUT2D eigenvalue weighted by Crippen LogP contribution is -2.03. The monoisotopic (exact) mass is 287 g/mol. The molecular weight excluding hydrogens is 266 g/mol. The van der Waals surface area contributed by atoms with Crippen LogP contribution in [0, 0.1) is 0 Å². The fourth-order valence-electron chi connectivity index (χ4n) is 2.12. The molecule has 0 saturated carbocycles. The summed E-state index contributed by atoms with van der Waals surface area (Å²) >= 11 is 0. The van der Waals surface area contributed by atoms with Crippen molar-refractivity contribution in [3.63, 3.8) is 0 Å². The van der Waals surface area contributed by atoms with Gasteiger partial charge in [0.2, 0.25) is 0 Å². The minimum atomic E-state index is 0.0236. The van der Waals surface area contributed by atoms with E-state index < -0.39 is 0 Å². The molecule has 0 aliphatic carbocycles. The van der Waals surface area contributed by atoms with Crippen LogP contribution in [0.15, 0.2) is 42.5 Å². The first-order chi connectivity index (χ1) is 10.3. The summed E-state index contributed by atoms with van der Waals surface area (Å²) in [5.41, 5.74) is 2.91. The summed E-state index contributed by atoms with van der Waals surface area (Å²) in [4.78, 5) is 0. The van der Waals surface area contributed by atoms with Gasteiger partial charge in [-0.3, -0.25) is 0 Å². The molecule has 2 N–H and O–H groups in total. The van der Waals surface area contributed by atoms with Crippen molar-refractivity contribution in [1.29, 1.82) is 0 Å². The largest absolute Gasteiger partial charge is 0.493 e. The van der Waals surface area contributed by atoms with E-state index >= 15 is 0 Å². The Balaban J connectivity index is 2.09. The van der Waals surface area contributed by atoms with Gasteiger partial charge in [0.15, 0.2) is 11.5 Å². The van der Waals surface area contributed by atoms with Gasteiger partial charge in [-0.25, -0.2) is 0 Å². The van der Waals surface area contributed by atoms with Crippen LogP contribution in [-0.4, -0.2) is 18.8 Å². The van der Waals surface area contributed by atoms with Crippen molar-refractivity contribution in [2.75, 3.05) is 19.0 Å². The molecule has 2 rings (SSSR count). The van der Waals surface area contributed by atoms with E-state index in [2.05, 4.69) is 5.32 Å². The molecular formula is C17H21NO3. The summed E-state index contributed by atoms with van der Waals surface area (Å²) in [5, 5.41) is 12.6. The van der Waals surface area contributed by atoms with Crippen molar-refractivity contribution >= 4 is 5.69 Å². The average molecular weight is 287 g/mol. The molecule has 112 valence electrons. The highest BCUT2D eigenvalue weighted by atomic mass is 16.5. The zero-order valence-corrected chi connectivity index (χ0v) is 12.4. The first-order valence-electron chi connectivity index (χ1n) is 7.00. The van der Waals surface area contributed by atoms with Crippen LogP contribution < -0.4 is 14.8 Å². The van der Waals surface area contributed by atoms with Gasteiger partial charge in [-0.05, 0) is 30.7 Å². The van der Waals surface area contributed by atoms with Crippen LogP contribution in [0.5, 0.6) is 11.5 Å². The molecule has 0 heterocycles. The van der Waals surface area contributed by atoms with Crippen molar-refractivity contribution in [2.24, 2.45) is 0 Å². The number of ether oxygens (including phenoxy) is 2. The Morgan fingerprint density at radius 2 is 1.90 bits per heavy atom. The van der Waals surface area contributed by atoms with Crippen LogP contribution in [-0.2, 0) is 13.2 Å². The maximum atomic E-state index is 9.32. The topological polar surface area (TPSA) is 50.7 Å². The molecule has 0 unspecified atom stereocenters. The average Bonchev–Trinajstić information content (AvgIpc) is 2.54. The summed E-state index contributed by atoms with van der Waals surface area (Å²) in [6, 6.07) is 13.6. The van der Waals surface area contributed by atoms with Gasteiger partial charge in [0, 0.05) is 17.8 Å². The van der Waals surface area contributed by atoms with Gasteiger partial charge in [0.05, 0.1) is 20.3 Å². The second kappa shape index (κ2) is 7.55. The van der Waals surface area contributed by atoms with E-state index in [0.29, 0.717) is 13.2 Å². The molecule has 0 aliphatic heterocycles. The van der Waals surface area contributed by atoms with Crippen molar-refractivity contribution < 1.29 is 14.6 Å². The van der Waals surface area contributed by atoms with E-state index in [9.17, 15) is 5.11 Å². The van der Waals surface area contributed by atoms with Gasteiger partial charge in [-0.15, -0.1) is 0 Å². The normalized spacial score (nSPS) is 10.2. The molecule has 0 amide bonds. The number of aliphatic hydroxyl groups is 1. The molecule has 4 nitrogen and oxygen atoms in total. The first kappa shape index (κ1) is 15.2. The lowest BCUT2D eigenvalue weighted by molar-refractivity contribution is 0.282. The van der Waals surface area contributed by atoms with Crippen LogP contribution in [0.3, 0.4) is 0 Å². The summed E-state index contributed by atoms with van der Waals surface area (Å²) < 4.78 is 10.8. The second-order valence-electron chi connectivity index (χ2n) is 4.59. The number of nitrogens with one attached hydrogen (secondary N) is 1. The second-order valence-corrected chi connectivity index (χ2v) is 4.59. The molecule has 0 radical (unpaired) electrons. The van der Waals surface area contributed by atoms with Crippen LogP contribution >= 0.6 is 0 Å². The van der Waals surface area contributed by atoms with Crippen molar-refractivity contribution in [3.8, 4) is 11.5 Å². The number of benzene rings is 2. The molecule has 0 aliphatic rings. The van der Waals surface area contributed by atoms with E-state index in [1.165, 1.54) is 0 Å². The van der Waals surface area contributed by atoms with Gasteiger partial charge in [-0.1, -0.05) is 24.3 Å². The summed E-state index contributed by atoms with van der Waals surface area (Å²) in [6.45, 7) is 3.23. The predicted octanol–water partition coefficient (Wildman–Crippen LogP) is 3.20. The molecule has 0 spiro atoms. The third-order valence-electron chi connectivity index (χ3n) is 3.20. The zero-order chi connectivity index (χ0) is 15.1. The summed E-state index contributed by atoms with van der Waals surface area (Å²) in [5.74, 6) is 1.48. The van der Waals surface area contributed by atoms with E-state index in [1.807, 2.05) is 49.4 Å². The molecule has 2 aromatic carbocycles. The quantitative estimate of drug-likeness (QED) is 0.821. The number of aliphatic hydroxyl groups excluding tert-OH is 1. The fraction of sp³-hybridized carbons (Fsp3) is 0.294. The summed E-state index contributed by atoms with van der Waals surface area (Å²) in [6.07, 6.45) is 0. The maximum absolute atomic E-state index is 9.32. The summed E-state index contributed by atoms with van der Waals surface area (Å²) in [7, 11) is 1.64. The fourth-order valence-corrected chi connectivity index (χ4v) is 2.12. The Labute approximate surface area is 125 Å². The van der Waals surface area contributed by atoms with Gasteiger partial charge in [0.1, 0.15) is 0 Å². The molecule has 4 heteroatoms. The number of rotatable bonds is 7. The van der Waals surface area contributed by atoms with Crippen LogP contribution in [0.25, 0.3) is 0 Å². The van der Waals surface area contributed by atoms with Gasteiger partial charge in [-0.2, -0.15) is 0 Å². The van der Waals surface area contributed by atoms with Crippen LogP contribution in [0.4, 0.5) is 5.69 Å². The van der Waals surface area contributed by atoms with E-state index in [0.717, 1.165) is 28.3 Å². The highest BCUT2D eigenvalue weighted by Crippen LogP contribution is 2.28. The number of hydrogen-bond acceptors (Lipinski definition) is 4. The first-order valence-corrected chi connectivity index (χ1v) is 7.00. The SMILES string of the molecule is CCOc1ccc(CNc2ccccc2CO)cc1OC. The third-order valence-corrected chi connectivity index (χ3v) is 3.20. The van der Waals surface area contributed by atoms with Gasteiger partial charge >= 0.3 is 0 Å². The highest BCUT2D eigenvalue weighted by molar-refractivity contribution is 5.52. The van der Waals surface area contributed by atoms with E-state index in [-0.39, 0.29) is 6.61 Å². The predicted molar refractivity (Wildman–Crippen MR) is 83.9 cm³/mol. The minimum absolute atomic E-state index is 0.0236. The smallest absolute Gasteiger partial charge is 0.161 e. The maximum Gasteiger partial charge on any atom is 0.161 e. The Bertz CT molecular complexity index is 584. The molecule has 21 heavy (non-hydrogen) atoms. The Morgan fingerprint density at radius 3 is 2.62 bits per heavy atom. The van der Waals surface area contributed by atoms with Crippen LogP contribution in [0.1, 0.15) is 18.1 Å². The van der Waals surface area contributed by atoms with E-state index in [4.69, 9.17) is 9.47 Å². The number of methoxy groups -OCH3 is 1. The number of para-hydroxylation sites is 1. The molecule has 0 atom stereocenters. The standard InChI is InChI=1S/C17H21NO3/c1-3-21-16-9-8-13(10-17(16)20-2)11-18-15-7-5-4-6-14(15)12-19/h4-10,18-19H,3,11-12H2,1-2H3. The van der Waals surface area contributed by atoms with Crippen LogP contribution in [0.2, 0.25) is 0 Å². The molecule has 0 saturated heterocycles. The van der Waals surface area contributed by atoms with Crippen molar-refractivity contribution in [1.82, 2.24) is 0 Å². The highest BCUT2D eigenvalue weighted by Gasteiger charge is 2.06.